The predicted molar refractivity (Wildman–Crippen MR) is 75.9 cm³/mol. The topological polar surface area (TPSA) is 72.9 Å². The van der Waals surface area contributed by atoms with E-state index in [1.807, 2.05) is 24.3 Å². The van der Waals surface area contributed by atoms with Crippen molar-refractivity contribution in [3.63, 3.8) is 0 Å². The fraction of sp³-hybridized carbons (Fsp3) is 0.438. The Bertz CT molecular complexity index is 627. The van der Waals surface area contributed by atoms with Crippen molar-refractivity contribution in [1.82, 2.24) is 4.90 Å². The summed E-state index contributed by atoms with van der Waals surface area (Å²) in [7, 11) is 1.31. The van der Waals surface area contributed by atoms with Gasteiger partial charge in [-0.1, -0.05) is 24.3 Å². The smallest absolute Gasteiger partial charge is 0.416 e. The molecule has 1 aliphatic heterocycles. The van der Waals surface area contributed by atoms with Crippen LogP contribution in [-0.2, 0) is 31.9 Å². The fourth-order valence-electron chi connectivity index (χ4n) is 3.17. The van der Waals surface area contributed by atoms with E-state index < -0.39 is 23.9 Å². The summed E-state index contributed by atoms with van der Waals surface area (Å²) in [6, 6.07) is 7.72. The maximum Gasteiger partial charge on any atom is 0.416 e. The molecule has 6 heteroatoms. The fourth-order valence-corrected chi connectivity index (χ4v) is 3.17. The van der Waals surface area contributed by atoms with Gasteiger partial charge >= 0.3 is 12.1 Å². The van der Waals surface area contributed by atoms with Gasteiger partial charge < -0.3 is 9.47 Å². The first-order valence-corrected chi connectivity index (χ1v) is 7.24. The molecule has 0 radical (unpaired) electrons. The van der Waals surface area contributed by atoms with E-state index in [4.69, 9.17) is 9.47 Å². The van der Waals surface area contributed by atoms with Gasteiger partial charge in [0.25, 0.3) is 0 Å². The van der Waals surface area contributed by atoms with E-state index in [2.05, 4.69) is 0 Å². The van der Waals surface area contributed by atoms with Crippen molar-refractivity contribution >= 4 is 18.0 Å². The Balaban J connectivity index is 1.91. The maximum atomic E-state index is 12.7. The molecule has 1 aromatic rings. The average molecular weight is 303 g/mol. The number of cyclic esters (lactones) is 1. The van der Waals surface area contributed by atoms with Gasteiger partial charge in [0.2, 0.25) is 5.91 Å². The number of amides is 2. The van der Waals surface area contributed by atoms with Crippen LogP contribution < -0.4 is 0 Å². The number of methoxy groups -OCH3 is 1. The lowest BCUT2D eigenvalue weighted by Crippen LogP contribution is -2.45. The maximum absolute atomic E-state index is 12.7. The zero-order valence-corrected chi connectivity index (χ0v) is 12.3. The summed E-state index contributed by atoms with van der Waals surface area (Å²) < 4.78 is 9.67. The van der Waals surface area contributed by atoms with E-state index in [1.165, 1.54) is 7.11 Å². The van der Waals surface area contributed by atoms with Gasteiger partial charge in [0, 0.05) is 0 Å². The van der Waals surface area contributed by atoms with Crippen LogP contribution in [0.2, 0.25) is 0 Å². The minimum absolute atomic E-state index is 0.205. The minimum atomic E-state index is -0.632. The quantitative estimate of drug-likeness (QED) is 0.767. The number of fused-ring (bicyclic) bond motifs is 1. The Morgan fingerprint density at radius 1 is 1.18 bits per heavy atom. The molecule has 1 aromatic carbocycles. The molecule has 0 unspecified atom stereocenters. The summed E-state index contributed by atoms with van der Waals surface area (Å²) in [5.74, 6) is -1.93. The highest BCUT2D eigenvalue weighted by molar-refractivity contribution is 5.96. The minimum Gasteiger partial charge on any atom is -0.469 e. The molecule has 2 atom stereocenters. The third-order valence-electron chi connectivity index (χ3n) is 4.33. The Morgan fingerprint density at radius 3 is 2.36 bits per heavy atom. The highest BCUT2D eigenvalue weighted by atomic mass is 16.6. The molecule has 6 nitrogen and oxygen atoms in total. The van der Waals surface area contributed by atoms with Gasteiger partial charge in [0.1, 0.15) is 6.61 Å². The Labute approximate surface area is 128 Å². The molecule has 0 N–H and O–H groups in total. The first-order valence-electron chi connectivity index (χ1n) is 7.24. The molecule has 1 heterocycles. The third kappa shape index (κ3) is 2.45. The predicted octanol–water partition coefficient (Wildman–Crippen LogP) is 1.17. The summed E-state index contributed by atoms with van der Waals surface area (Å²) in [5.41, 5.74) is 2.08. The van der Waals surface area contributed by atoms with Gasteiger partial charge in [-0.25, -0.2) is 9.69 Å². The van der Waals surface area contributed by atoms with E-state index >= 15 is 0 Å². The molecule has 1 saturated heterocycles. The lowest BCUT2D eigenvalue weighted by Gasteiger charge is -2.31. The summed E-state index contributed by atoms with van der Waals surface area (Å²) in [4.78, 5) is 37.5. The van der Waals surface area contributed by atoms with Gasteiger partial charge in [-0.2, -0.15) is 0 Å². The Kier molecular flexibility index (Phi) is 3.83. The van der Waals surface area contributed by atoms with E-state index in [0.29, 0.717) is 12.8 Å². The van der Waals surface area contributed by atoms with Crippen LogP contribution in [0.4, 0.5) is 4.79 Å². The zero-order chi connectivity index (χ0) is 15.7. The van der Waals surface area contributed by atoms with E-state index in [-0.39, 0.29) is 19.1 Å². The van der Waals surface area contributed by atoms with Gasteiger partial charge in [-0.3, -0.25) is 9.59 Å². The summed E-state index contributed by atoms with van der Waals surface area (Å²) >= 11 is 0. The average Bonchev–Trinajstić information content (AvgIpc) is 2.98. The van der Waals surface area contributed by atoms with Crippen molar-refractivity contribution in [3.05, 3.63) is 35.4 Å². The number of ether oxygens (including phenoxy) is 2. The van der Waals surface area contributed by atoms with Crippen LogP contribution in [0.3, 0.4) is 0 Å². The molecule has 1 aliphatic carbocycles. The number of imide groups is 1. The molecule has 0 saturated carbocycles. The van der Waals surface area contributed by atoms with Crippen LogP contribution in [0.5, 0.6) is 0 Å². The van der Waals surface area contributed by atoms with E-state index in [9.17, 15) is 14.4 Å². The second-order valence-corrected chi connectivity index (χ2v) is 5.52. The van der Waals surface area contributed by atoms with Crippen molar-refractivity contribution < 1.29 is 23.9 Å². The lowest BCUT2D eigenvalue weighted by molar-refractivity contribution is -0.152. The molecule has 116 valence electrons. The first kappa shape index (κ1) is 14.6. The Morgan fingerprint density at radius 2 is 1.82 bits per heavy atom. The van der Waals surface area contributed by atoms with Crippen molar-refractivity contribution in [1.29, 1.82) is 0 Å². The van der Waals surface area contributed by atoms with Crippen LogP contribution >= 0.6 is 0 Å². The summed E-state index contributed by atoms with van der Waals surface area (Å²) in [5, 5.41) is 0. The van der Waals surface area contributed by atoms with Gasteiger partial charge in [-0.05, 0) is 24.0 Å². The monoisotopic (exact) mass is 303 g/mol. The van der Waals surface area contributed by atoms with Crippen molar-refractivity contribution in [2.75, 3.05) is 20.3 Å². The number of hydrogen-bond acceptors (Lipinski definition) is 5. The molecule has 0 bridgehead atoms. The standard InChI is InChI=1S/C16H17NO5/c1-21-15(19)13-9-11-5-3-2-4-10(11)8-12(13)14(18)17-6-7-22-16(17)20/h2-5,12-13H,6-9H2,1H3/t12-,13-/m1/s1. The number of carbonyl (C=O) groups is 3. The van der Waals surface area contributed by atoms with Gasteiger partial charge in [0.15, 0.2) is 0 Å². The van der Waals surface area contributed by atoms with E-state index in [1.54, 1.807) is 0 Å². The van der Waals surface area contributed by atoms with Crippen LogP contribution in [0.25, 0.3) is 0 Å². The van der Waals surface area contributed by atoms with Crippen LogP contribution in [0.1, 0.15) is 11.1 Å². The molecular weight excluding hydrogens is 286 g/mol. The highest BCUT2D eigenvalue weighted by Gasteiger charge is 2.43. The summed E-state index contributed by atoms with van der Waals surface area (Å²) in [6.07, 6.45) is 0.244. The number of benzene rings is 1. The second-order valence-electron chi connectivity index (χ2n) is 5.52. The molecule has 3 rings (SSSR count). The van der Waals surface area contributed by atoms with Crippen molar-refractivity contribution in [2.45, 2.75) is 12.8 Å². The van der Waals surface area contributed by atoms with Crippen LogP contribution in [-0.4, -0.2) is 43.1 Å². The summed E-state index contributed by atoms with van der Waals surface area (Å²) in [6.45, 7) is 0.445. The first-order chi connectivity index (χ1) is 10.6. The molecule has 2 aliphatic rings. The SMILES string of the molecule is COC(=O)[C@@H]1Cc2ccccc2C[C@H]1C(=O)N1CCOC1=O. The number of hydrogen-bond donors (Lipinski definition) is 0. The lowest BCUT2D eigenvalue weighted by atomic mass is 9.75. The highest BCUT2D eigenvalue weighted by Crippen LogP contribution is 2.33. The van der Waals surface area contributed by atoms with Crippen LogP contribution in [0.15, 0.2) is 24.3 Å². The molecule has 2 amide bonds. The molecule has 0 aromatic heterocycles. The number of nitrogens with zero attached hydrogens (tertiary/aromatic N) is 1. The number of esters is 1. The Hall–Kier alpha value is -2.37. The normalized spacial score (nSPS) is 23.7. The zero-order valence-electron chi connectivity index (χ0n) is 12.3. The van der Waals surface area contributed by atoms with Crippen LogP contribution in [0, 0.1) is 11.8 Å². The van der Waals surface area contributed by atoms with Gasteiger partial charge in [-0.15, -0.1) is 0 Å². The second kappa shape index (κ2) is 5.79. The van der Waals surface area contributed by atoms with Gasteiger partial charge in [0.05, 0.1) is 25.5 Å². The molecule has 0 spiro atoms. The third-order valence-corrected chi connectivity index (χ3v) is 4.33. The van der Waals surface area contributed by atoms with E-state index in [0.717, 1.165) is 16.0 Å². The van der Waals surface area contributed by atoms with Crippen molar-refractivity contribution in [3.8, 4) is 0 Å². The number of carbonyl (C=O) groups excluding carboxylic acids is 3. The molecular formula is C16H17NO5. The molecule has 1 fully saturated rings. The largest absolute Gasteiger partial charge is 0.469 e. The molecule has 22 heavy (non-hydrogen) atoms. The van der Waals surface area contributed by atoms with Crippen molar-refractivity contribution in [2.24, 2.45) is 11.8 Å². The number of rotatable bonds is 2.